The molecule has 14 heavy (non-hydrogen) atoms. The van der Waals surface area contributed by atoms with Crippen LogP contribution in [0.15, 0.2) is 12.2 Å². The molecule has 0 aromatic heterocycles. The van der Waals surface area contributed by atoms with Crippen molar-refractivity contribution in [1.82, 2.24) is 0 Å². The molecule has 0 radical (unpaired) electrons. The number of ketones is 1. The van der Waals surface area contributed by atoms with Gasteiger partial charge >= 0.3 is 0 Å². The van der Waals surface area contributed by atoms with E-state index in [0.29, 0.717) is 0 Å². The second-order valence-corrected chi connectivity index (χ2v) is 3.83. The van der Waals surface area contributed by atoms with Gasteiger partial charge in [-0.25, -0.2) is 0 Å². The molecule has 0 saturated heterocycles. The lowest BCUT2D eigenvalue weighted by molar-refractivity contribution is -0.112. The molecule has 2 nitrogen and oxygen atoms in total. The van der Waals surface area contributed by atoms with Crippen molar-refractivity contribution in [2.75, 3.05) is 7.11 Å². The van der Waals surface area contributed by atoms with E-state index in [2.05, 4.69) is 13.8 Å². The Morgan fingerprint density at radius 3 is 2.50 bits per heavy atom. The second-order valence-electron chi connectivity index (χ2n) is 3.83. The van der Waals surface area contributed by atoms with Crippen LogP contribution in [0.4, 0.5) is 0 Å². The van der Waals surface area contributed by atoms with E-state index in [9.17, 15) is 4.79 Å². The van der Waals surface area contributed by atoms with Crippen LogP contribution in [0.2, 0.25) is 0 Å². The van der Waals surface area contributed by atoms with Crippen molar-refractivity contribution >= 4 is 5.78 Å². The minimum Gasteiger partial charge on any atom is -0.377 e. The summed E-state index contributed by atoms with van der Waals surface area (Å²) >= 11 is 0. The minimum atomic E-state index is 0.0792. The van der Waals surface area contributed by atoms with E-state index in [1.807, 2.05) is 6.08 Å². The lowest BCUT2D eigenvalue weighted by Crippen LogP contribution is -2.09. The van der Waals surface area contributed by atoms with Gasteiger partial charge in [0.25, 0.3) is 0 Å². The standard InChI is InChI=1S/C12H22O2/c1-5-10(2)6-8-12(14-4)9-7-11(3)13/h7,9-10,12H,5-6,8H2,1-4H3. The van der Waals surface area contributed by atoms with Gasteiger partial charge in [-0.05, 0) is 31.8 Å². The third kappa shape index (κ3) is 6.84. The van der Waals surface area contributed by atoms with Crippen LogP contribution in [0.1, 0.15) is 40.0 Å². The maximum absolute atomic E-state index is 10.7. The summed E-state index contributed by atoms with van der Waals surface area (Å²) in [7, 11) is 1.69. The number of hydrogen-bond donors (Lipinski definition) is 0. The van der Waals surface area contributed by atoms with E-state index in [-0.39, 0.29) is 11.9 Å². The van der Waals surface area contributed by atoms with Gasteiger partial charge in [-0.3, -0.25) is 4.79 Å². The summed E-state index contributed by atoms with van der Waals surface area (Å²) in [5.41, 5.74) is 0. The van der Waals surface area contributed by atoms with Gasteiger partial charge in [0.15, 0.2) is 5.78 Å². The number of methoxy groups -OCH3 is 1. The molecule has 0 amide bonds. The number of rotatable bonds is 7. The number of allylic oxidation sites excluding steroid dienone is 1. The van der Waals surface area contributed by atoms with Crippen LogP contribution in [0.5, 0.6) is 0 Å². The Hall–Kier alpha value is -0.630. The van der Waals surface area contributed by atoms with Gasteiger partial charge in [0.2, 0.25) is 0 Å². The quantitative estimate of drug-likeness (QED) is 0.588. The monoisotopic (exact) mass is 198 g/mol. The van der Waals surface area contributed by atoms with Crippen LogP contribution in [0.25, 0.3) is 0 Å². The van der Waals surface area contributed by atoms with Crippen LogP contribution < -0.4 is 0 Å². The molecule has 0 aromatic carbocycles. The highest BCUT2D eigenvalue weighted by Crippen LogP contribution is 2.13. The summed E-state index contributed by atoms with van der Waals surface area (Å²) in [4.78, 5) is 10.7. The highest BCUT2D eigenvalue weighted by atomic mass is 16.5. The zero-order chi connectivity index (χ0) is 11.0. The first-order valence-corrected chi connectivity index (χ1v) is 5.31. The maximum Gasteiger partial charge on any atom is 0.152 e. The van der Waals surface area contributed by atoms with Crippen molar-refractivity contribution in [1.29, 1.82) is 0 Å². The molecule has 0 rings (SSSR count). The summed E-state index contributed by atoms with van der Waals surface area (Å²) in [5.74, 6) is 0.814. The topological polar surface area (TPSA) is 26.3 Å². The lowest BCUT2D eigenvalue weighted by Gasteiger charge is -2.13. The van der Waals surface area contributed by atoms with Gasteiger partial charge in [0, 0.05) is 7.11 Å². The fraction of sp³-hybridized carbons (Fsp3) is 0.750. The second kappa shape index (κ2) is 7.74. The van der Waals surface area contributed by atoms with E-state index < -0.39 is 0 Å². The molecule has 0 saturated carbocycles. The molecule has 2 unspecified atom stereocenters. The summed E-state index contributed by atoms with van der Waals surface area (Å²) < 4.78 is 5.26. The summed E-state index contributed by atoms with van der Waals surface area (Å²) in [6.07, 6.45) is 6.88. The van der Waals surface area contributed by atoms with E-state index >= 15 is 0 Å². The molecule has 0 fully saturated rings. The number of ether oxygens (including phenoxy) is 1. The molecule has 2 atom stereocenters. The van der Waals surface area contributed by atoms with Gasteiger partial charge in [0.1, 0.15) is 0 Å². The van der Waals surface area contributed by atoms with Gasteiger partial charge in [0.05, 0.1) is 6.10 Å². The van der Waals surface area contributed by atoms with E-state index in [4.69, 9.17) is 4.74 Å². The largest absolute Gasteiger partial charge is 0.377 e. The van der Waals surface area contributed by atoms with E-state index in [1.54, 1.807) is 20.1 Å². The number of carbonyl (C=O) groups excluding carboxylic acids is 1. The smallest absolute Gasteiger partial charge is 0.152 e. The van der Waals surface area contributed by atoms with Crippen molar-refractivity contribution in [3.63, 3.8) is 0 Å². The molecule has 0 aromatic rings. The Bertz CT molecular complexity index is 185. The summed E-state index contributed by atoms with van der Waals surface area (Å²) in [6.45, 7) is 5.98. The summed E-state index contributed by atoms with van der Waals surface area (Å²) in [5, 5.41) is 0. The normalized spacial score (nSPS) is 15.7. The lowest BCUT2D eigenvalue weighted by atomic mass is 10.0. The molecular formula is C12H22O2. The number of hydrogen-bond acceptors (Lipinski definition) is 2. The van der Waals surface area contributed by atoms with Crippen LogP contribution in [0.3, 0.4) is 0 Å². The molecule has 0 spiro atoms. The van der Waals surface area contributed by atoms with Crippen molar-refractivity contribution in [3.05, 3.63) is 12.2 Å². The van der Waals surface area contributed by atoms with E-state index in [1.165, 1.54) is 6.42 Å². The minimum absolute atomic E-state index is 0.0792. The summed E-state index contributed by atoms with van der Waals surface area (Å²) in [6, 6.07) is 0. The number of carbonyl (C=O) groups is 1. The molecule has 0 aliphatic heterocycles. The molecular weight excluding hydrogens is 176 g/mol. The zero-order valence-electron chi connectivity index (χ0n) is 9.75. The first kappa shape index (κ1) is 13.4. The molecule has 2 heteroatoms. The van der Waals surface area contributed by atoms with Gasteiger partial charge in [-0.2, -0.15) is 0 Å². The Balaban J connectivity index is 3.85. The predicted molar refractivity (Wildman–Crippen MR) is 59.3 cm³/mol. The maximum atomic E-state index is 10.7. The average Bonchev–Trinajstić information content (AvgIpc) is 2.17. The average molecular weight is 198 g/mol. The third-order valence-corrected chi connectivity index (χ3v) is 2.49. The molecule has 0 N–H and O–H groups in total. The first-order valence-electron chi connectivity index (χ1n) is 5.31. The highest BCUT2D eigenvalue weighted by molar-refractivity contribution is 5.87. The molecule has 0 aliphatic rings. The highest BCUT2D eigenvalue weighted by Gasteiger charge is 2.05. The van der Waals surface area contributed by atoms with Crippen LogP contribution in [0, 0.1) is 5.92 Å². The zero-order valence-corrected chi connectivity index (χ0v) is 9.75. The molecule has 0 aliphatic carbocycles. The van der Waals surface area contributed by atoms with Gasteiger partial charge in [-0.15, -0.1) is 0 Å². The molecule has 82 valence electrons. The van der Waals surface area contributed by atoms with E-state index in [0.717, 1.165) is 18.8 Å². The van der Waals surface area contributed by atoms with Crippen molar-refractivity contribution in [3.8, 4) is 0 Å². The third-order valence-electron chi connectivity index (χ3n) is 2.49. The Labute approximate surface area is 87.3 Å². The fourth-order valence-electron chi connectivity index (χ4n) is 1.19. The van der Waals surface area contributed by atoms with Crippen molar-refractivity contribution in [2.24, 2.45) is 5.92 Å². The van der Waals surface area contributed by atoms with Crippen molar-refractivity contribution < 1.29 is 9.53 Å². The SMILES string of the molecule is CCC(C)CCC(C=CC(C)=O)OC. The Kier molecular flexibility index (Phi) is 7.40. The van der Waals surface area contributed by atoms with Gasteiger partial charge in [-0.1, -0.05) is 26.3 Å². The van der Waals surface area contributed by atoms with Crippen LogP contribution in [-0.4, -0.2) is 19.0 Å². The van der Waals surface area contributed by atoms with Crippen LogP contribution in [-0.2, 0) is 9.53 Å². The van der Waals surface area contributed by atoms with Crippen LogP contribution >= 0.6 is 0 Å². The predicted octanol–water partition coefficient (Wildman–Crippen LogP) is 2.97. The first-order chi connectivity index (χ1) is 6.60. The Morgan fingerprint density at radius 2 is 2.07 bits per heavy atom. The Morgan fingerprint density at radius 1 is 1.43 bits per heavy atom. The fourth-order valence-corrected chi connectivity index (χ4v) is 1.19. The molecule has 0 heterocycles. The molecule has 0 bridgehead atoms. The van der Waals surface area contributed by atoms with Crippen molar-refractivity contribution in [2.45, 2.75) is 46.1 Å². The van der Waals surface area contributed by atoms with Gasteiger partial charge < -0.3 is 4.74 Å².